The molecule has 0 amide bonds. The Morgan fingerprint density at radius 3 is 2.54 bits per heavy atom. The molecule has 0 bridgehead atoms. The standard InChI is InChI=1S/C10H19NO2/c1-7(2)9(10(12)13-3)11-6-8-4-5-8/h7-9,11H,4-6H2,1-3H3/t9-/m0/s1. The summed E-state index contributed by atoms with van der Waals surface area (Å²) in [5.41, 5.74) is 0. The molecule has 1 N–H and O–H groups in total. The Kier molecular flexibility index (Phi) is 3.72. The first-order valence-electron chi connectivity index (χ1n) is 4.96. The van der Waals surface area contributed by atoms with Crippen LogP contribution in [0.2, 0.25) is 0 Å². The van der Waals surface area contributed by atoms with Crippen molar-refractivity contribution in [2.24, 2.45) is 11.8 Å². The molecule has 13 heavy (non-hydrogen) atoms. The van der Waals surface area contributed by atoms with Crippen molar-refractivity contribution < 1.29 is 9.53 Å². The van der Waals surface area contributed by atoms with Gasteiger partial charge in [0.15, 0.2) is 0 Å². The number of hydrogen-bond acceptors (Lipinski definition) is 3. The van der Waals surface area contributed by atoms with Crippen LogP contribution in [0.3, 0.4) is 0 Å². The molecule has 0 aromatic carbocycles. The number of hydrogen-bond donors (Lipinski definition) is 1. The first-order valence-corrected chi connectivity index (χ1v) is 4.96. The first-order chi connectivity index (χ1) is 6.15. The highest BCUT2D eigenvalue weighted by Gasteiger charge is 2.26. The van der Waals surface area contributed by atoms with Crippen LogP contribution in [0.25, 0.3) is 0 Å². The highest BCUT2D eigenvalue weighted by Crippen LogP contribution is 2.27. The lowest BCUT2D eigenvalue weighted by Gasteiger charge is -2.19. The Morgan fingerprint density at radius 2 is 2.15 bits per heavy atom. The molecule has 0 aromatic rings. The molecule has 1 saturated carbocycles. The molecule has 1 fully saturated rings. The van der Waals surface area contributed by atoms with E-state index in [9.17, 15) is 4.79 Å². The molecule has 1 aliphatic rings. The van der Waals surface area contributed by atoms with Gasteiger partial charge in [0, 0.05) is 0 Å². The van der Waals surface area contributed by atoms with Gasteiger partial charge in [0.2, 0.25) is 0 Å². The number of methoxy groups -OCH3 is 1. The highest BCUT2D eigenvalue weighted by atomic mass is 16.5. The minimum atomic E-state index is -0.143. The van der Waals surface area contributed by atoms with Crippen LogP contribution in [0, 0.1) is 11.8 Å². The molecule has 0 unspecified atom stereocenters. The van der Waals surface area contributed by atoms with Gasteiger partial charge in [-0.1, -0.05) is 13.8 Å². The van der Waals surface area contributed by atoms with E-state index in [1.165, 1.54) is 20.0 Å². The van der Waals surface area contributed by atoms with Gasteiger partial charge in [-0.2, -0.15) is 0 Å². The van der Waals surface area contributed by atoms with Crippen molar-refractivity contribution in [2.45, 2.75) is 32.7 Å². The van der Waals surface area contributed by atoms with Gasteiger partial charge in [-0.3, -0.25) is 4.79 Å². The van der Waals surface area contributed by atoms with Crippen LogP contribution in [0.1, 0.15) is 26.7 Å². The third-order valence-electron chi connectivity index (χ3n) is 2.45. The molecule has 3 heteroatoms. The van der Waals surface area contributed by atoms with Crippen molar-refractivity contribution in [3.63, 3.8) is 0 Å². The van der Waals surface area contributed by atoms with E-state index in [1.807, 2.05) is 13.8 Å². The van der Waals surface area contributed by atoms with Crippen molar-refractivity contribution in [2.75, 3.05) is 13.7 Å². The Balaban J connectivity index is 2.31. The lowest BCUT2D eigenvalue weighted by atomic mass is 10.0. The van der Waals surface area contributed by atoms with Gasteiger partial charge in [0.25, 0.3) is 0 Å². The fraction of sp³-hybridized carbons (Fsp3) is 0.900. The first kappa shape index (κ1) is 10.5. The second-order valence-electron chi connectivity index (χ2n) is 4.10. The van der Waals surface area contributed by atoms with Crippen LogP contribution < -0.4 is 5.32 Å². The summed E-state index contributed by atoms with van der Waals surface area (Å²) in [4.78, 5) is 11.3. The molecule has 0 radical (unpaired) electrons. The number of ether oxygens (including phenoxy) is 1. The molecule has 1 aliphatic carbocycles. The van der Waals surface area contributed by atoms with Crippen molar-refractivity contribution in [1.29, 1.82) is 0 Å². The van der Waals surface area contributed by atoms with Crippen LogP contribution in [0.5, 0.6) is 0 Å². The van der Waals surface area contributed by atoms with Gasteiger partial charge in [-0.25, -0.2) is 0 Å². The van der Waals surface area contributed by atoms with E-state index in [-0.39, 0.29) is 12.0 Å². The van der Waals surface area contributed by atoms with Gasteiger partial charge < -0.3 is 10.1 Å². The van der Waals surface area contributed by atoms with Crippen molar-refractivity contribution in [3.8, 4) is 0 Å². The van der Waals surface area contributed by atoms with Crippen LogP contribution in [0.4, 0.5) is 0 Å². The number of rotatable bonds is 5. The molecule has 76 valence electrons. The van der Waals surface area contributed by atoms with Gasteiger partial charge in [-0.05, 0) is 31.2 Å². The normalized spacial score (nSPS) is 18.8. The van der Waals surface area contributed by atoms with Crippen LogP contribution >= 0.6 is 0 Å². The molecule has 0 heterocycles. The van der Waals surface area contributed by atoms with E-state index in [0.29, 0.717) is 5.92 Å². The van der Waals surface area contributed by atoms with Crippen molar-refractivity contribution >= 4 is 5.97 Å². The largest absolute Gasteiger partial charge is 0.468 e. The number of carbonyl (C=O) groups is 1. The average Bonchev–Trinajstić information content (AvgIpc) is 2.87. The topological polar surface area (TPSA) is 38.3 Å². The molecule has 3 nitrogen and oxygen atoms in total. The van der Waals surface area contributed by atoms with Gasteiger partial charge >= 0.3 is 5.97 Å². The maximum Gasteiger partial charge on any atom is 0.323 e. The molecule has 0 aliphatic heterocycles. The molecule has 0 aromatic heterocycles. The average molecular weight is 185 g/mol. The van der Waals surface area contributed by atoms with E-state index in [2.05, 4.69) is 5.32 Å². The quantitative estimate of drug-likeness (QED) is 0.654. The van der Waals surface area contributed by atoms with Crippen molar-refractivity contribution in [3.05, 3.63) is 0 Å². The highest BCUT2D eigenvalue weighted by molar-refractivity contribution is 5.75. The second kappa shape index (κ2) is 4.61. The van der Waals surface area contributed by atoms with Gasteiger partial charge in [-0.15, -0.1) is 0 Å². The summed E-state index contributed by atoms with van der Waals surface area (Å²) < 4.78 is 4.72. The second-order valence-corrected chi connectivity index (χ2v) is 4.10. The molecule has 1 atom stereocenters. The van der Waals surface area contributed by atoms with Gasteiger partial charge in [0.05, 0.1) is 7.11 Å². The maximum absolute atomic E-state index is 11.3. The van der Waals surface area contributed by atoms with Gasteiger partial charge in [0.1, 0.15) is 6.04 Å². The lowest BCUT2D eigenvalue weighted by molar-refractivity contribution is -0.144. The Labute approximate surface area is 79.8 Å². The molecule has 0 spiro atoms. The SMILES string of the molecule is COC(=O)[C@@H](NCC1CC1)C(C)C. The van der Waals surface area contributed by atoms with E-state index < -0.39 is 0 Å². The lowest BCUT2D eigenvalue weighted by Crippen LogP contribution is -2.42. The van der Waals surface area contributed by atoms with E-state index in [1.54, 1.807) is 0 Å². The zero-order chi connectivity index (χ0) is 9.84. The maximum atomic E-state index is 11.3. The van der Waals surface area contributed by atoms with Crippen LogP contribution in [-0.4, -0.2) is 25.7 Å². The number of carbonyl (C=O) groups excluding carboxylic acids is 1. The fourth-order valence-electron chi connectivity index (χ4n) is 1.33. The molecular weight excluding hydrogens is 166 g/mol. The third-order valence-corrected chi connectivity index (χ3v) is 2.45. The predicted octanol–water partition coefficient (Wildman–Crippen LogP) is 1.18. The molecular formula is C10H19NO2. The van der Waals surface area contributed by atoms with Crippen LogP contribution in [-0.2, 0) is 9.53 Å². The third kappa shape index (κ3) is 3.35. The van der Waals surface area contributed by atoms with Crippen molar-refractivity contribution in [1.82, 2.24) is 5.32 Å². The number of esters is 1. The summed E-state index contributed by atoms with van der Waals surface area (Å²) in [6.45, 7) is 5.01. The summed E-state index contributed by atoms with van der Waals surface area (Å²) in [5.74, 6) is 0.952. The summed E-state index contributed by atoms with van der Waals surface area (Å²) in [7, 11) is 1.44. The Bertz CT molecular complexity index is 176. The smallest absolute Gasteiger partial charge is 0.323 e. The summed E-state index contributed by atoms with van der Waals surface area (Å²) >= 11 is 0. The van der Waals surface area contributed by atoms with E-state index in [4.69, 9.17) is 4.74 Å². The monoisotopic (exact) mass is 185 g/mol. The van der Waals surface area contributed by atoms with E-state index in [0.717, 1.165) is 12.5 Å². The minimum absolute atomic E-state index is 0.134. The zero-order valence-corrected chi connectivity index (χ0v) is 8.67. The minimum Gasteiger partial charge on any atom is -0.468 e. The summed E-state index contributed by atoms with van der Waals surface area (Å²) in [6.07, 6.45) is 2.61. The Morgan fingerprint density at radius 1 is 1.54 bits per heavy atom. The zero-order valence-electron chi connectivity index (χ0n) is 8.67. The Hall–Kier alpha value is -0.570. The van der Waals surface area contributed by atoms with Crippen LogP contribution in [0.15, 0.2) is 0 Å². The molecule has 1 rings (SSSR count). The van der Waals surface area contributed by atoms with E-state index >= 15 is 0 Å². The number of nitrogens with one attached hydrogen (secondary N) is 1. The fourth-order valence-corrected chi connectivity index (χ4v) is 1.33. The molecule has 0 saturated heterocycles. The summed E-state index contributed by atoms with van der Waals surface area (Å²) in [6, 6.07) is -0.134. The summed E-state index contributed by atoms with van der Waals surface area (Å²) in [5, 5.41) is 3.26. The predicted molar refractivity (Wildman–Crippen MR) is 51.4 cm³/mol.